The van der Waals surface area contributed by atoms with E-state index >= 15 is 0 Å². The topological polar surface area (TPSA) is 40.5 Å². The summed E-state index contributed by atoms with van der Waals surface area (Å²) < 4.78 is 14.0. The smallest absolute Gasteiger partial charge is 0.182 e. The predicted molar refractivity (Wildman–Crippen MR) is 101 cm³/mol. The molecule has 4 nitrogen and oxygen atoms in total. The van der Waals surface area contributed by atoms with Gasteiger partial charge in [-0.25, -0.2) is 0 Å². The first-order valence-electron chi connectivity index (χ1n) is 8.83. The van der Waals surface area contributed by atoms with E-state index in [4.69, 9.17) is 21.1 Å². The van der Waals surface area contributed by atoms with Crippen molar-refractivity contribution in [3.05, 3.63) is 45.7 Å². The van der Waals surface area contributed by atoms with E-state index in [0.717, 1.165) is 24.1 Å². The average molecular weight is 362 g/mol. The Hall–Kier alpha value is -1.94. The molecule has 134 valence electrons. The highest BCUT2D eigenvalue weighted by Gasteiger charge is 2.25. The number of rotatable bonds is 5. The van der Waals surface area contributed by atoms with E-state index in [1.54, 1.807) is 12.1 Å². The van der Waals surface area contributed by atoms with Gasteiger partial charge in [0, 0.05) is 30.0 Å². The standard InChI is InChI=1S/C20H24ClNO3/c1-4-5-8-24-20-11-19-15(10-16(20)21)17-9-14(23)6-7-22(17)18(12-25-19)13(2)3/h6-7,9-11,13,18H,4-5,8,12H2,1-3H3/t18-/m0/s1. The molecule has 0 unspecified atom stereocenters. The van der Waals surface area contributed by atoms with E-state index in [9.17, 15) is 4.79 Å². The van der Waals surface area contributed by atoms with Gasteiger partial charge in [-0.1, -0.05) is 38.8 Å². The first-order valence-corrected chi connectivity index (χ1v) is 9.20. The molecule has 0 saturated heterocycles. The normalized spacial score (nSPS) is 16.0. The Morgan fingerprint density at radius 3 is 2.88 bits per heavy atom. The summed E-state index contributed by atoms with van der Waals surface area (Å²) in [5, 5.41) is 0.532. The predicted octanol–water partition coefficient (Wildman–Crippen LogP) is 4.94. The molecular formula is C20H24ClNO3. The molecule has 1 aromatic carbocycles. The first kappa shape index (κ1) is 17.9. The van der Waals surface area contributed by atoms with Gasteiger partial charge in [0.1, 0.15) is 18.1 Å². The SMILES string of the molecule is CCCCOc1cc2c(cc1Cl)-c1cc(=O)ccn1[C@H](C(C)C)CO2. The van der Waals surface area contributed by atoms with Gasteiger partial charge in [-0.3, -0.25) is 4.79 Å². The number of hydrogen-bond donors (Lipinski definition) is 0. The zero-order valence-electron chi connectivity index (χ0n) is 14.9. The second-order valence-electron chi connectivity index (χ2n) is 6.76. The molecular weight excluding hydrogens is 338 g/mol. The maximum atomic E-state index is 12.0. The van der Waals surface area contributed by atoms with Crippen LogP contribution in [0.1, 0.15) is 39.7 Å². The number of hydrogen-bond acceptors (Lipinski definition) is 3. The summed E-state index contributed by atoms with van der Waals surface area (Å²) in [7, 11) is 0. The van der Waals surface area contributed by atoms with Gasteiger partial charge in [0.05, 0.1) is 23.4 Å². The zero-order valence-corrected chi connectivity index (χ0v) is 15.7. The number of benzene rings is 1. The number of pyridine rings is 1. The number of ether oxygens (including phenoxy) is 2. The summed E-state index contributed by atoms with van der Waals surface area (Å²) in [4.78, 5) is 12.0. The Bertz CT molecular complexity index is 813. The van der Waals surface area contributed by atoms with Crippen LogP contribution in [-0.2, 0) is 0 Å². The number of aromatic nitrogens is 1. The Kier molecular flexibility index (Phi) is 5.38. The van der Waals surface area contributed by atoms with E-state index in [1.807, 2.05) is 18.3 Å². The van der Waals surface area contributed by atoms with Crippen molar-refractivity contribution in [1.82, 2.24) is 4.57 Å². The summed E-state index contributed by atoms with van der Waals surface area (Å²) >= 11 is 6.43. The fourth-order valence-electron chi connectivity index (χ4n) is 3.06. The molecule has 1 atom stereocenters. The molecule has 0 aliphatic carbocycles. The Morgan fingerprint density at radius 1 is 1.36 bits per heavy atom. The molecule has 1 aliphatic heterocycles. The van der Waals surface area contributed by atoms with Crippen LogP contribution in [0.4, 0.5) is 0 Å². The summed E-state index contributed by atoms with van der Waals surface area (Å²) in [6.07, 6.45) is 3.88. The van der Waals surface area contributed by atoms with Crippen molar-refractivity contribution in [2.45, 2.75) is 39.7 Å². The highest BCUT2D eigenvalue weighted by Crippen LogP contribution is 2.41. The minimum absolute atomic E-state index is 0.0269. The van der Waals surface area contributed by atoms with Crippen molar-refractivity contribution in [2.24, 2.45) is 5.92 Å². The number of halogens is 1. The van der Waals surface area contributed by atoms with Crippen LogP contribution in [0, 0.1) is 5.92 Å². The third-order valence-corrected chi connectivity index (χ3v) is 4.85. The molecule has 2 heterocycles. The van der Waals surface area contributed by atoms with E-state index in [1.165, 1.54) is 0 Å². The summed E-state index contributed by atoms with van der Waals surface area (Å²) in [6, 6.07) is 7.07. The Labute approximate surface area is 153 Å². The maximum absolute atomic E-state index is 12.0. The van der Waals surface area contributed by atoms with Crippen LogP contribution >= 0.6 is 11.6 Å². The lowest BCUT2D eigenvalue weighted by molar-refractivity contribution is 0.219. The molecule has 0 bridgehead atoms. The van der Waals surface area contributed by atoms with Gasteiger partial charge >= 0.3 is 0 Å². The van der Waals surface area contributed by atoms with Gasteiger partial charge in [0.15, 0.2) is 5.43 Å². The molecule has 1 aromatic heterocycles. The second-order valence-corrected chi connectivity index (χ2v) is 7.17. The molecule has 0 spiro atoms. The van der Waals surface area contributed by atoms with Gasteiger partial charge in [-0.2, -0.15) is 0 Å². The third-order valence-electron chi connectivity index (χ3n) is 4.56. The van der Waals surface area contributed by atoms with Crippen LogP contribution in [-0.4, -0.2) is 17.8 Å². The van der Waals surface area contributed by atoms with Crippen LogP contribution < -0.4 is 14.9 Å². The third kappa shape index (κ3) is 3.69. The number of nitrogens with zero attached hydrogens (tertiary/aromatic N) is 1. The summed E-state index contributed by atoms with van der Waals surface area (Å²) in [5.41, 5.74) is 1.63. The lowest BCUT2D eigenvalue weighted by Crippen LogP contribution is -2.22. The lowest BCUT2D eigenvalue weighted by atomic mass is 10.0. The summed E-state index contributed by atoms with van der Waals surface area (Å²) in [5.74, 6) is 1.70. The number of fused-ring (bicyclic) bond motifs is 3. The molecule has 0 amide bonds. The van der Waals surface area contributed by atoms with E-state index in [-0.39, 0.29) is 11.5 Å². The van der Waals surface area contributed by atoms with Crippen LogP contribution in [0.25, 0.3) is 11.3 Å². The van der Waals surface area contributed by atoms with Crippen LogP contribution in [0.15, 0.2) is 35.3 Å². The Morgan fingerprint density at radius 2 is 2.16 bits per heavy atom. The Balaban J connectivity index is 2.08. The quantitative estimate of drug-likeness (QED) is 0.708. The molecule has 0 saturated carbocycles. The highest BCUT2D eigenvalue weighted by molar-refractivity contribution is 6.32. The van der Waals surface area contributed by atoms with Crippen molar-refractivity contribution in [3.8, 4) is 22.8 Å². The first-order chi connectivity index (χ1) is 12.0. The van der Waals surface area contributed by atoms with Gasteiger partial charge in [0.25, 0.3) is 0 Å². The van der Waals surface area contributed by atoms with Gasteiger partial charge in [-0.05, 0) is 18.4 Å². The molecule has 1 aliphatic rings. The van der Waals surface area contributed by atoms with Crippen LogP contribution in [0.5, 0.6) is 11.5 Å². The highest BCUT2D eigenvalue weighted by atomic mass is 35.5. The van der Waals surface area contributed by atoms with Crippen molar-refractivity contribution >= 4 is 11.6 Å². The molecule has 3 rings (SSSR count). The summed E-state index contributed by atoms with van der Waals surface area (Å²) in [6.45, 7) is 7.58. The van der Waals surface area contributed by atoms with Crippen molar-refractivity contribution in [1.29, 1.82) is 0 Å². The van der Waals surface area contributed by atoms with Gasteiger partial charge in [0.2, 0.25) is 0 Å². The minimum Gasteiger partial charge on any atom is -0.492 e. The van der Waals surface area contributed by atoms with Crippen molar-refractivity contribution in [3.63, 3.8) is 0 Å². The lowest BCUT2D eigenvalue weighted by Gasteiger charge is -2.23. The number of unbranched alkanes of at least 4 members (excludes halogenated alkanes) is 1. The monoisotopic (exact) mass is 361 g/mol. The largest absolute Gasteiger partial charge is 0.492 e. The molecule has 0 radical (unpaired) electrons. The van der Waals surface area contributed by atoms with Gasteiger partial charge < -0.3 is 14.0 Å². The zero-order chi connectivity index (χ0) is 18.0. The van der Waals surface area contributed by atoms with E-state index in [2.05, 4.69) is 25.3 Å². The van der Waals surface area contributed by atoms with Crippen molar-refractivity contribution in [2.75, 3.05) is 13.2 Å². The fraction of sp³-hybridized carbons (Fsp3) is 0.450. The maximum Gasteiger partial charge on any atom is 0.182 e. The average Bonchev–Trinajstić information content (AvgIpc) is 2.72. The molecule has 0 N–H and O–H groups in total. The van der Waals surface area contributed by atoms with Gasteiger partial charge in [-0.15, -0.1) is 0 Å². The molecule has 5 heteroatoms. The van der Waals surface area contributed by atoms with Crippen LogP contribution in [0.3, 0.4) is 0 Å². The minimum atomic E-state index is -0.0269. The van der Waals surface area contributed by atoms with Crippen molar-refractivity contribution < 1.29 is 9.47 Å². The fourth-order valence-corrected chi connectivity index (χ4v) is 3.28. The van der Waals surface area contributed by atoms with Crippen LogP contribution in [0.2, 0.25) is 5.02 Å². The molecule has 2 aromatic rings. The van der Waals surface area contributed by atoms with E-state index in [0.29, 0.717) is 35.7 Å². The molecule has 25 heavy (non-hydrogen) atoms. The molecule has 0 fully saturated rings. The van der Waals surface area contributed by atoms with E-state index < -0.39 is 0 Å². The second kappa shape index (κ2) is 7.52.